The van der Waals surface area contributed by atoms with Gasteiger partial charge >= 0.3 is 0 Å². The van der Waals surface area contributed by atoms with E-state index in [1.165, 1.54) is 24.3 Å². The number of hydrogen-bond acceptors (Lipinski definition) is 3. The Bertz CT molecular complexity index is 495. The number of sulfone groups is 1. The van der Waals surface area contributed by atoms with Crippen LogP contribution in [0.3, 0.4) is 0 Å². The summed E-state index contributed by atoms with van der Waals surface area (Å²) in [4.78, 5) is 11.0. The number of Topliss-reactive ketones (excluding diaryl/α,β-unsaturated/α-hetero) is 1. The predicted octanol–water partition coefficient (Wildman–Crippen LogP) is 2.29. The maximum atomic E-state index is 11.7. The first-order valence-corrected chi connectivity index (χ1v) is 6.93. The van der Waals surface area contributed by atoms with Crippen molar-refractivity contribution in [2.45, 2.75) is 23.6 Å². The van der Waals surface area contributed by atoms with E-state index in [9.17, 15) is 13.2 Å². The first-order chi connectivity index (χ1) is 7.12. The average Bonchev–Trinajstić information content (AvgIpc) is 2.14. The highest BCUT2D eigenvalue weighted by atomic mass is 35.5. The van der Waals surface area contributed by atoms with Gasteiger partial charge in [-0.1, -0.05) is 12.1 Å². The monoisotopic (exact) mass is 260 g/mol. The van der Waals surface area contributed by atoms with Crippen molar-refractivity contribution in [3.63, 3.8) is 0 Å². The van der Waals surface area contributed by atoms with Crippen LogP contribution in [-0.4, -0.2) is 25.3 Å². The zero-order valence-corrected chi connectivity index (χ0v) is 10.9. The smallest absolute Gasteiger partial charge is 0.183 e. The predicted molar refractivity (Wildman–Crippen MR) is 63.8 cm³/mol. The fraction of sp³-hybridized carbons (Fsp3) is 0.364. The molecule has 0 saturated heterocycles. The molecule has 0 aliphatic heterocycles. The standard InChI is InChI=1S/C11H13ClO3S/c1-11(2,12)10(13)8-4-6-9(7-5-8)16(3,14)15/h4-7H,1-3H3. The minimum absolute atomic E-state index is 0.191. The highest BCUT2D eigenvalue weighted by Crippen LogP contribution is 2.20. The lowest BCUT2D eigenvalue weighted by atomic mass is 10.0. The van der Waals surface area contributed by atoms with Crippen LogP contribution in [0, 0.1) is 0 Å². The average molecular weight is 261 g/mol. The molecule has 0 atom stereocenters. The quantitative estimate of drug-likeness (QED) is 0.619. The number of halogens is 1. The summed E-state index contributed by atoms with van der Waals surface area (Å²) in [6.07, 6.45) is 1.12. The molecule has 0 spiro atoms. The first-order valence-electron chi connectivity index (χ1n) is 4.66. The van der Waals surface area contributed by atoms with Gasteiger partial charge in [-0.25, -0.2) is 8.42 Å². The van der Waals surface area contributed by atoms with Crippen molar-refractivity contribution in [1.82, 2.24) is 0 Å². The van der Waals surface area contributed by atoms with E-state index in [-0.39, 0.29) is 10.7 Å². The third-order valence-corrected chi connectivity index (χ3v) is 3.38. The fourth-order valence-corrected chi connectivity index (χ4v) is 1.94. The molecule has 88 valence electrons. The van der Waals surface area contributed by atoms with E-state index in [0.29, 0.717) is 5.56 Å². The van der Waals surface area contributed by atoms with E-state index < -0.39 is 14.7 Å². The number of carbonyl (C=O) groups excluding carboxylic acids is 1. The lowest BCUT2D eigenvalue weighted by Crippen LogP contribution is -2.24. The van der Waals surface area contributed by atoms with Gasteiger partial charge in [0, 0.05) is 11.8 Å². The molecule has 0 bridgehead atoms. The molecule has 16 heavy (non-hydrogen) atoms. The van der Waals surface area contributed by atoms with Gasteiger partial charge < -0.3 is 0 Å². The van der Waals surface area contributed by atoms with Gasteiger partial charge in [0.25, 0.3) is 0 Å². The van der Waals surface area contributed by atoms with Crippen molar-refractivity contribution in [3.8, 4) is 0 Å². The second-order valence-electron chi connectivity index (χ2n) is 4.10. The first kappa shape index (κ1) is 13.2. The SMILES string of the molecule is CC(C)(Cl)C(=O)c1ccc(S(C)(=O)=O)cc1. The van der Waals surface area contributed by atoms with E-state index >= 15 is 0 Å². The van der Waals surface area contributed by atoms with Gasteiger partial charge in [0.05, 0.1) is 4.90 Å². The molecule has 0 heterocycles. The molecule has 0 fully saturated rings. The molecule has 1 aromatic rings. The van der Waals surface area contributed by atoms with Gasteiger partial charge in [0.1, 0.15) is 4.87 Å². The number of ketones is 1. The van der Waals surface area contributed by atoms with Crippen molar-refractivity contribution < 1.29 is 13.2 Å². The second kappa shape index (κ2) is 4.18. The Hall–Kier alpha value is -0.870. The number of rotatable bonds is 3. The van der Waals surface area contributed by atoms with Crippen molar-refractivity contribution in [3.05, 3.63) is 29.8 Å². The summed E-state index contributed by atoms with van der Waals surface area (Å²) in [7, 11) is -3.23. The van der Waals surface area contributed by atoms with Crippen LogP contribution < -0.4 is 0 Å². The van der Waals surface area contributed by atoms with Crippen molar-refractivity contribution >= 4 is 27.2 Å². The van der Waals surface area contributed by atoms with Crippen LogP contribution >= 0.6 is 11.6 Å². The molecule has 1 rings (SSSR count). The van der Waals surface area contributed by atoms with Gasteiger partial charge in [-0.2, -0.15) is 0 Å². The molecule has 1 aromatic carbocycles. The minimum atomic E-state index is -3.23. The Morgan fingerprint density at radius 3 is 1.94 bits per heavy atom. The third-order valence-electron chi connectivity index (χ3n) is 2.08. The highest BCUT2D eigenvalue weighted by Gasteiger charge is 2.25. The van der Waals surface area contributed by atoms with Crippen molar-refractivity contribution in [1.29, 1.82) is 0 Å². The van der Waals surface area contributed by atoms with Crippen LogP contribution in [0.5, 0.6) is 0 Å². The van der Waals surface area contributed by atoms with Gasteiger partial charge in [0.2, 0.25) is 0 Å². The van der Waals surface area contributed by atoms with Gasteiger partial charge in [0.15, 0.2) is 15.6 Å². The van der Waals surface area contributed by atoms with E-state index in [1.807, 2.05) is 0 Å². The van der Waals surface area contributed by atoms with Gasteiger partial charge in [-0.3, -0.25) is 4.79 Å². The summed E-state index contributed by atoms with van der Waals surface area (Å²) in [5, 5.41) is 0. The molecule has 0 radical (unpaired) electrons. The summed E-state index contributed by atoms with van der Waals surface area (Å²) in [5.74, 6) is -0.228. The number of alkyl halides is 1. The Kier molecular flexibility index (Phi) is 3.45. The van der Waals surface area contributed by atoms with Gasteiger partial charge in [-0.15, -0.1) is 11.6 Å². The lowest BCUT2D eigenvalue weighted by Gasteiger charge is -2.13. The molecule has 0 N–H and O–H groups in total. The third kappa shape index (κ3) is 3.06. The van der Waals surface area contributed by atoms with Crippen LogP contribution in [-0.2, 0) is 9.84 Å². The molecular formula is C11H13ClO3S. The molecule has 0 amide bonds. The highest BCUT2D eigenvalue weighted by molar-refractivity contribution is 7.90. The molecule has 0 aliphatic carbocycles. The maximum Gasteiger partial charge on any atom is 0.183 e. The molecule has 0 aliphatic rings. The topological polar surface area (TPSA) is 51.2 Å². The molecule has 0 saturated carbocycles. The lowest BCUT2D eigenvalue weighted by molar-refractivity contribution is 0.0954. The van der Waals surface area contributed by atoms with Crippen LogP contribution in [0.4, 0.5) is 0 Å². The Labute approximate surface area is 100 Å². The van der Waals surface area contributed by atoms with E-state index in [0.717, 1.165) is 6.26 Å². The minimum Gasteiger partial charge on any atom is -0.292 e. The van der Waals surface area contributed by atoms with E-state index in [4.69, 9.17) is 11.6 Å². The molecule has 0 aromatic heterocycles. The normalized spacial score (nSPS) is 12.5. The molecule has 5 heteroatoms. The van der Waals surface area contributed by atoms with E-state index in [1.54, 1.807) is 13.8 Å². The zero-order chi connectivity index (χ0) is 12.6. The van der Waals surface area contributed by atoms with Gasteiger partial charge in [-0.05, 0) is 26.0 Å². The maximum absolute atomic E-state index is 11.7. The largest absolute Gasteiger partial charge is 0.292 e. The van der Waals surface area contributed by atoms with Crippen LogP contribution in [0.2, 0.25) is 0 Å². The number of hydrogen-bond donors (Lipinski definition) is 0. The second-order valence-corrected chi connectivity index (χ2v) is 7.06. The van der Waals surface area contributed by atoms with Crippen molar-refractivity contribution in [2.75, 3.05) is 6.26 Å². The summed E-state index contributed by atoms with van der Waals surface area (Å²) >= 11 is 5.88. The van der Waals surface area contributed by atoms with Crippen LogP contribution in [0.1, 0.15) is 24.2 Å². The summed E-state index contributed by atoms with van der Waals surface area (Å²) < 4.78 is 22.4. The summed E-state index contributed by atoms with van der Waals surface area (Å²) in [5.41, 5.74) is 0.410. The number of carbonyl (C=O) groups is 1. The Morgan fingerprint density at radius 2 is 1.62 bits per heavy atom. The van der Waals surface area contributed by atoms with Crippen LogP contribution in [0.25, 0.3) is 0 Å². The fourth-order valence-electron chi connectivity index (χ4n) is 1.20. The Morgan fingerprint density at radius 1 is 1.19 bits per heavy atom. The zero-order valence-electron chi connectivity index (χ0n) is 9.32. The van der Waals surface area contributed by atoms with Crippen LogP contribution in [0.15, 0.2) is 29.2 Å². The Balaban J connectivity index is 3.10. The summed E-state index contributed by atoms with van der Waals surface area (Å²) in [6.45, 7) is 3.20. The van der Waals surface area contributed by atoms with Crippen molar-refractivity contribution in [2.24, 2.45) is 0 Å². The van der Waals surface area contributed by atoms with E-state index in [2.05, 4.69) is 0 Å². The number of benzene rings is 1. The summed E-state index contributed by atoms with van der Waals surface area (Å²) in [6, 6.07) is 5.77. The molecule has 0 unspecified atom stereocenters. The molecule has 3 nitrogen and oxygen atoms in total. The molecular weight excluding hydrogens is 248 g/mol.